The lowest BCUT2D eigenvalue weighted by Crippen LogP contribution is -2.61. The normalized spacial score (nSPS) is 15.0. The number of hydrogen-bond donors (Lipinski definition) is 11. The van der Waals surface area contributed by atoms with Crippen molar-refractivity contribution in [2.75, 3.05) is 13.2 Å². The maximum Gasteiger partial charge on any atom is 0.326 e. The number of nitrogens with two attached hydrogens (primary N) is 2. The number of carbonyl (C=O) groups excluding carboxylic acids is 4. The Hall–Kier alpha value is -4.32. The van der Waals surface area contributed by atoms with Crippen LogP contribution in [0, 0.1) is 0 Å². The zero-order valence-corrected chi connectivity index (χ0v) is 24.3. The van der Waals surface area contributed by atoms with Crippen LogP contribution in [0.3, 0.4) is 0 Å². The molecule has 1 aromatic rings. The Morgan fingerprint density at radius 3 is 1.89 bits per heavy atom. The topological polar surface area (TPSA) is 304 Å². The van der Waals surface area contributed by atoms with Crippen molar-refractivity contribution in [2.24, 2.45) is 11.5 Å². The molecule has 0 bridgehead atoms. The van der Waals surface area contributed by atoms with Crippen molar-refractivity contribution < 1.29 is 54.3 Å². The number of benzene rings is 1. The first-order valence-electron chi connectivity index (χ1n) is 13.9. The molecule has 0 aliphatic carbocycles. The number of aliphatic hydroxyl groups excluding tert-OH is 2. The van der Waals surface area contributed by atoms with Crippen molar-refractivity contribution in [3.8, 4) is 5.75 Å². The summed E-state index contributed by atoms with van der Waals surface area (Å²) < 4.78 is 0. The van der Waals surface area contributed by atoms with E-state index in [1.807, 2.05) is 0 Å². The molecule has 0 unspecified atom stereocenters. The van der Waals surface area contributed by atoms with Crippen LogP contribution in [0.4, 0.5) is 0 Å². The molecule has 0 radical (unpaired) electrons. The number of hydrogen-bond acceptors (Lipinski definition) is 11. The SMILES string of the molecule is C[C@@H](O)[C@H](NC(=O)[C@@H](N)CCC(=O)O)C(=O)N[C@@H](Cc1ccc(O)cc1)C(=O)N[C@@H](CO)C(=O)N[C@@H](CCCCN)C(=O)O. The summed E-state index contributed by atoms with van der Waals surface area (Å²) in [4.78, 5) is 74.0. The monoisotopic (exact) mass is 626 g/mol. The highest BCUT2D eigenvalue weighted by molar-refractivity contribution is 5.95. The molecule has 6 atom stereocenters. The van der Waals surface area contributed by atoms with Gasteiger partial charge in [0.15, 0.2) is 0 Å². The van der Waals surface area contributed by atoms with E-state index in [0.29, 0.717) is 24.9 Å². The van der Waals surface area contributed by atoms with Crippen LogP contribution >= 0.6 is 0 Å². The summed E-state index contributed by atoms with van der Waals surface area (Å²) >= 11 is 0. The number of aromatic hydroxyl groups is 1. The summed E-state index contributed by atoms with van der Waals surface area (Å²) in [5.41, 5.74) is 11.5. The van der Waals surface area contributed by atoms with Crippen molar-refractivity contribution in [1.82, 2.24) is 21.3 Å². The average molecular weight is 627 g/mol. The van der Waals surface area contributed by atoms with Crippen molar-refractivity contribution in [3.63, 3.8) is 0 Å². The van der Waals surface area contributed by atoms with E-state index in [2.05, 4.69) is 21.3 Å². The van der Waals surface area contributed by atoms with Gasteiger partial charge in [-0.1, -0.05) is 12.1 Å². The van der Waals surface area contributed by atoms with Crippen LogP contribution in [0.15, 0.2) is 24.3 Å². The molecule has 44 heavy (non-hydrogen) atoms. The molecule has 0 aromatic heterocycles. The number of carboxylic acid groups (broad SMARTS) is 2. The molecule has 0 aliphatic rings. The van der Waals surface area contributed by atoms with Crippen molar-refractivity contribution in [2.45, 2.75) is 81.8 Å². The lowest BCUT2D eigenvalue weighted by molar-refractivity contribution is -0.143. The van der Waals surface area contributed by atoms with E-state index in [4.69, 9.17) is 16.6 Å². The number of phenolic OH excluding ortho intramolecular Hbond substituents is 1. The molecular weight excluding hydrogens is 584 g/mol. The van der Waals surface area contributed by atoms with Crippen LogP contribution in [0.2, 0.25) is 0 Å². The van der Waals surface area contributed by atoms with Crippen LogP contribution in [-0.4, -0.2) is 111 Å². The van der Waals surface area contributed by atoms with E-state index < -0.39 is 84.9 Å². The molecule has 0 fully saturated rings. The highest BCUT2D eigenvalue weighted by atomic mass is 16.4. The van der Waals surface area contributed by atoms with Crippen LogP contribution in [0.5, 0.6) is 5.75 Å². The second kappa shape index (κ2) is 19.1. The van der Waals surface area contributed by atoms with Gasteiger partial charge in [-0.05, 0) is 56.8 Å². The number of aliphatic carboxylic acids is 2. The molecule has 0 aliphatic heterocycles. The van der Waals surface area contributed by atoms with Gasteiger partial charge in [0.2, 0.25) is 23.6 Å². The standard InChI is InChI=1S/C27H42N6O11/c1-14(35)22(33-23(39)17(29)9-10-21(37)38)26(42)31-19(12-15-5-7-16(36)8-6-15)24(40)32-20(13-34)25(41)30-18(27(43)44)4-2-3-11-28/h5-8,14,17-20,22,34-36H,2-4,9-13,28-29H2,1H3,(H,30,41)(H,31,42)(H,32,40)(H,33,39)(H,37,38)(H,43,44)/t14-,17+,18+,19+,20+,22+/m1/s1. The van der Waals surface area contributed by atoms with Crippen LogP contribution in [0.1, 0.15) is 44.6 Å². The number of nitrogens with one attached hydrogen (secondary N) is 4. The van der Waals surface area contributed by atoms with Gasteiger partial charge in [-0.3, -0.25) is 24.0 Å². The Labute approximate surface area is 253 Å². The second-order valence-corrected chi connectivity index (χ2v) is 10.1. The number of amides is 4. The minimum absolute atomic E-state index is 0.0519. The van der Waals surface area contributed by atoms with Gasteiger partial charge in [-0.2, -0.15) is 0 Å². The highest BCUT2D eigenvalue weighted by Crippen LogP contribution is 2.12. The van der Waals surface area contributed by atoms with Gasteiger partial charge in [-0.15, -0.1) is 0 Å². The van der Waals surface area contributed by atoms with Gasteiger partial charge in [0, 0.05) is 12.8 Å². The highest BCUT2D eigenvalue weighted by Gasteiger charge is 2.33. The van der Waals surface area contributed by atoms with Gasteiger partial charge < -0.3 is 58.3 Å². The first-order valence-corrected chi connectivity index (χ1v) is 13.9. The van der Waals surface area contributed by atoms with Gasteiger partial charge in [-0.25, -0.2) is 4.79 Å². The maximum absolute atomic E-state index is 13.3. The molecule has 17 nitrogen and oxygen atoms in total. The molecule has 0 saturated carbocycles. The first kappa shape index (κ1) is 37.7. The Morgan fingerprint density at radius 2 is 1.36 bits per heavy atom. The van der Waals surface area contributed by atoms with Gasteiger partial charge in [0.1, 0.15) is 29.9 Å². The van der Waals surface area contributed by atoms with Gasteiger partial charge in [0.25, 0.3) is 0 Å². The van der Waals surface area contributed by atoms with Crippen LogP contribution < -0.4 is 32.7 Å². The molecular formula is C27H42N6O11. The summed E-state index contributed by atoms with van der Waals surface area (Å²) in [5, 5.41) is 56.9. The average Bonchev–Trinajstić information content (AvgIpc) is 2.96. The van der Waals surface area contributed by atoms with E-state index in [9.17, 15) is 49.2 Å². The molecule has 4 amide bonds. The summed E-state index contributed by atoms with van der Waals surface area (Å²) in [6.07, 6.45) is -1.41. The molecule has 13 N–H and O–H groups in total. The molecule has 17 heteroatoms. The Kier molecular flexibility index (Phi) is 16.3. The number of carboxylic acids is 2. The third-order valence-electron chi connectivity index (χ3n) is 6.45. The Bertz CT molecular complexity index is 1130. The first-order chi connectivity index (χ1) is 20.7. The predicted molar refractivity (Wildman–Crippen MR) is 154 cm³/mol. The zero-order valence-electron chi connectivity index (χ0n) is 24.3. The van der Waals surface area contributed by atoms with E-state index in [1.165, 1.54) is 31.2 Å². The fraction of sp³-hybridized carbons (Fsp3) is 0.556. The number of aliphatic hydroxyl groups is 2. The van der Waals surface area contributed by atoms with Crippen molar-refractivity contribution in [3.05, 3.63) is 29.8 Å². The van der Waals surface area contributed by atoms with Crippen molar-refractivity contribution >= 4 is 35.6 Å². The maximum atomic E-state index is 13.3. The Balaban J connectivity index is 3.14. The third-order valence-corrected chi connectivity index (χ3v) is 6.45. The summed E-state index contributed by atoms with van der Waals surface area (Å²) in [6, 6.07) is -1.79. The Morgan fingerprint density at radius 1 is 0.795 bits per heavy atom. The molecule has 0 heterocycles. The minimum atomic E-state index is -1.63. The van der Waals surface area contributed by atoms with Crippen LogP contribution in [-0.2, 0) is 35.2 Å². The number of rotatable bonds is 20. The summed E-state index contributed by atoms with van der Waals surface area (Å²) in [5.74, 6) is -6.54. The number of phenols is 1. The molecule has 246 valence electrons. The van der Waals surface area contributed by atoms with Crippen LogP contribution in [0.25, 0.3) is 0 Å². The molecule has 1 aromatic carbocycles. The fourth-order valence-corrected chi connectivity index (χ4v) is 3.90. The van der Waals surface area contributed by atoms with Gasteiger partial charge in [0.05, 0.1) is 18.8 Å². The quantitative estimate of drug-likeness (QED) is 0.0631. The smallest absolute Gasteiger partial charge is 0.326 e. The van der Waals surface area contributed by atoms with E-state index in [-0.39, 0.29) is 25.0 Å². The lowest BCUT2D eigenvalue weighted by atomic mass is 10.0. The van der Waals surface area contributed by atoms with E-state index in [0.717, 1.165) is 0 Å². The minimum Gasteiger partial charge on any atom is -0.508 e. The molecule has 0 spiro atoms. The van der Waals surface area contributed by atoms with Gasteiger partial charge >= 0.3 is 11.9 Å². The van der Waals surface area contributed by atoms with E-state index >= 15 is 0 Å². The number of unbranched alkanes of at least 4 members (excludes halogenated alkanes) is 1. The molecule has 0 saturated heterocycles. The zero-order chi connectivity index (χ0) is 33.4. The fourth-order valence-electron chi connectivity index (χ4n) is 3.90. The van der Waals surface area contributed by atoms with E-state index in [1.54, 1.807) is 0 Å². The molecule has 1 rings (SSSR count). The van der Waals surface area contributed by atoms with Crippen molar-refractivity contribution in [1.29, 1.82) is 0 Å². The number of carbonyl (C=O) groups is 6. The predicted octanol–water partition coefficient (Wildman–Crippen LogP) is -3.35. The second-order valence-electron chi connectivity index (χ2n) is 10.1. The third kappa shape index (κ3) is 13.3. The lowest BCUT2D eigenvalue weighted by Gasteiger charge is -2.27. The summed E-state index contributed by atoms with van der Waals surface area (Å²) in [7, 11) is 0. The largest absolute Gasteiger partial charge is 0.508 e. The summed E-state index contributed by atoms with van der Waals surface area (Å²) in [6.45, 7) is 0.578.